The van der Waals surface area contributed by atoms with E-state index in [-0.39, 0.29) is 5.82 Å². The molecule has 0 aliphatic heterocycles. The molecule has 0 saturated carbocycles. The predicted molar refractivity (Wildman–Crippen MR) is 73.6 cm³/mol. The number of nitrogens with one attached hydrogen (secondary N) is 1. The Morgan fingerprint density at radius 1 is 1.33 bits per heavy atom. The number of ether oxygens (including phenoxy) is 1. The second kappa shape index (κ2) is 7.37. The van der Waals surface area contributed by atoms with Gasteiger partial charge in [0.25, 0.3) is 0 Å². The highest BCUT2D eigenvalue weighted by Crippen LogP contribution is 2.19. The van der Waals surface area contributed by atoms with Crippen LogP contribution in [0.5, 0.6) is 5.75 Å². The molecule has 1 atom stereocenters. The largest absolute Gasteiger partial charge is 0.492 e. The van der Waals surface area contributed by atoms with Gasteiger partial charge in [-0.05, 0) is 37.4 Å². The smallest absolute Gasteiger partial charge is 0.126 e. The summed E-state index contributed by atoms with van der Waals surface area (Å²) >= 11 is 0. The van der Waals surface area contributed by atoms with E-state index >= 15 is 0 Å². The first-order valence-corrected chi connectivity index (χ1v) is 6.67. The average Bonchev–Trinajstić information content (AvgIpc) is 2.33. The number of aryl methyl sites for hydroxylation is 1. The van der Waals surface area contributed by atoms with Gasteiger partial charge >= 0.3 is 0 Å². The Labute approximate surface area is 110 Å². The summed E-state index contributed by atoms with van der Waals surface area (Å²) in [6, 6.07) is 4.95. The van der Waals surface area contributed by atoms with Gasteiger partial charge in [-0.15, -0.1) is 0 Å². The second-order valence-corrected chi connectivity index (χ2v) is 5.03. The molecule has 0 heterocycles. The van der Waals surface area contributed by atoms with Gasteiger partial charge in [0.15, 0.2) is 0 Å². The number of benzene rings is 1. The molecule has 1 N–H and O–H groups in total. The van der Waals surface area contributed by atoms with Gasteiger partial charge < -0.3 is 10.1 Å². The van der Waals surface area contributed by atoms with Crippen LogP contribution in [0.25, 0.3) is 0 Å². The van der Waals surface area contributed by atoms with Gasteiger partial charge in [-0.25, -0.2) is 4.39 Å². The molecule has 0 fully saturated rings. The van der Waals surface area contributed by atoms with Crippen LogP contribution in [0, 0.1) is 18.7 Å². The van der Waals surface area contributed by atoms with Crippen molar-refractivity contribution in [2.75, 3.05) is 13.2 Å². The second-order valence-electron chi connectivity index (χ2n) is 5.03. The number of hydrogen-bond donors (Lipinski definition) is 1. The Morgan fingerprint density at radius 3 is 2.67 bits per heavy atom. The normalized spacial score (nSPS) is 12.8. The summed E-state index contributed by atoms with van der Waals surface area (Å²) in [7, 11) is 0. The number of halogens is 1. The van der Waals surface area contributed by atoms with Crippen molar-refractivity contribution >= 4 is 0 Å². The van der Waals surface area contributed by atoms with Crippen LogP contribution in [-0.4, -0.2) is 19.2 Å². The SMILES string of the molecule is CCCNC(COc1cc(F)ccc1C)C(C)C. The van der Waals surface area contributed by atoms with Crippen molar-refractivity contribution in [2.24, 2.45) is 5.92 Å². The molecule has 18 heavy (non-hydrogen) atoms. The minimum Gasteiger partial charge on any atom is -0.492 e. The highest BCUT2D eigenvalue weighted by molar-refractivity contribution is 5.32. The van der Waals surface area contributed by atoms with Crippen LogP contribution >= 0.6 is 0 Å². The highest BCUT2D eigenvalue weighted by Gasteiger charge is 2.13. The Kier molecular flexibility index (Phi) is 6.13. The summed E-state index contributed by atoms with van der Waals surface area (Å²) in [4.78, 5) is 0. The van der Waals surface area contributed by atoms with E-state index in [0.29, 0.717) is 24.3 Å². The van der Waals surface area contributed by atoms with Crippen molar-refractivity contribution in [1.82, 2.24) is 5.32 Å². The maximum atomic E-state index is 13.1. The first-order chi connectivity index (χ1) is 8.54. The van der Waals surface area contributed by atoms with Gasteiger partial charge in [-0.1, -0.05) is 26.8 Å². The molecule has 1 aromatic carbocycles. The monoisotopic (exact) mass is 253 g/mol. The Balaban J connectivity index is 2.58. The van der Waals surface area contributed by atoms with Gasteiger partial charge in [0.1, 0.15) is 18.2 Å². The molecule has 2 nitrogen and oxygen atoms in total. The third-order valence-electron chi connectivity index (χ3n) is 3.03. The van der Waals surface area contributed by atoms with Crippen molar-refractivity contribution in [3.8, 4) is 5.75 Å². The zero-order valence-electron chi connectivity index (χ0n) is 11.8. The molecule has 1 rings (SSSR count). The van der Waals surface area contributed by atoms with Crippen LogP contribution < -0.4 is 10.1 Å². The highest BCUT2D eigenvalue weighted by atomic mass is 19.1. The van der Waals surface area contributed by atoms with Crippen molar-refractivity contribution < 1.29 is 9.13 Å². The Bertz CT molecular complexity index is 366. The summed E-state index contributed by atoms with van der Waals surface area (Å²) in [5.41, 5.74) is 0.967. The van der Waals surface area contributed by atoms with E-state index in [1.54, 1.807) is 6.07 Å². The van der Waals surface area contributed by atoms with Crippen molar-refractivity contribution in [3.05, 3.63) is 29.6 Å². The van der Waals surface area contributed by atoms with E-state index in [2.05, 4.69) is 26.1 Å². The minimum atomic E-state index is -0.252. The molecule has 0 spiro atoms. The fourth-order valence-electron chi connectivity index (χ4n) is 1.73. The Morgan fingerprint density at radius 2 is 2.06 bits per heavy atom. The summed E-state index contributed by atoms with van der Waals surface area (Å²) in [5, 5.41) is 3.45. The number of rotatable bonds is 7. The zero-order valence-corrected chi connectivity index (χ0v) is 11.8. The molecule has 0 saturated heterocycles. The maximum Gasteiger partial charge on any atom is 0.126 e. The molecule has 1 aromatic rings. The lowest BCUT2D eigenvalue weighted by atomic mass is 10.1. The standard InChI is InChI=1S/C15H24FNO/c1-5-8-17-14(11(2)3)10-18-15-9-13(16)7-6-12(15)4/h6-7,9,11,14,17H,5,8,10H2,1-4H3. The molecular weight excluding hydrogens is 229 g/mol. The first-order valence-electron chi connectivity index (χ1n) is 6.67. The first kappa shape index (κ1) is 15.0. The minimum absolute atomic E-state index is 0.252. The molecule has 3 heteroatoms. The lowest BCUT2D eigenvalue weighted by Gasteiger charge is -2.23. The van der Waals surface area contributed by atoms with Crippen LogP contribution in [0.4, 0.5) is 4.39 Å². The summed E-state index contributed by atoms with van der Waals surface area (Å²) in [6.07, 6.45) is 1.10. The molecule has 0 radical (unpaired) electrons. The molecule has 0 bridgehead atoms. The van der Waals surface area contributed by atoms with Crippen molar-refractivity contribution in [3.63, 3.8) is 0 Å². The topological polar surface area (TPSA) is 21.3 Å². The van der Waals surface area contributed by atoms with E-state index in [1.807, 2.05) is 6.92 Å². The van der Waals surface area contributed by atoms with Gasteiger partial charge in [-0.2, -0.15) is 0 Å². The maximum absolute atomic E-state index is 13.1. The van der Waals surface area contributed by atoms with Crippen LogP contribution in [0.2, 0.25) is 0 Å². The van der Waals surface area contributed by atoms with Crippen LogP contribution in [0.1, 0.15) is 32.8 Å². The fraction of sp³-hybridized carbons (Fsp3) is 0.600. The van der Waals surface area contributed by atoms with Crippen LogP contribution in [0.3, 0.4) is 0 Å². The fourth-order valence-corrected chi connectivity index (χ4v) is 1.73. The van der Waals surface area contributed by atoms with E-state index in [0.717, 1.165) is 18.5 Å². The molecule has 0 aliphatic carbocycles. The van der Waals surface area contributed by atoms with Crippen molar-refractivity contribution in [1.29, 1.82) is 0 Å². The molecule has 0 aliphatic rings. The van der Waals surface area contributed by atoms with Crippen molar-refractivity contribution in [2.45, 2.75) is 40.2 Å². The molecule has 0 amide bonds. The van der Waals surface area contributed by atoms with E-state index in [1.165, 1.54) is 12.1 Å². The molecule has 0 aromatic heterocycles. The summed E-state index contributed by atoms with van der Waals surface area (Å²) in [5.74, 6) is 0.877. The summed E-state index contributed by atoms with van der Waals surface area (Å²) < 4.78 is 18.9. The molecular formula is C15H24FNO. The van der Waals surface area contributed by atoms with E-state index in [9.17, 15) is 4.39 Å². The zero-order chi connectivity index (χ0) is 13.5. The average molecular weight is 253 g/mol. The van der Waals surface area contributed by atoms with Gasteiger partial charge in [-0.3, -0.25) is 0 Å². The lowest BCUT2D eigenvalue weighted by Crippen LogP contribution is -2.39. The third-order valence-corrected chi connectivity index (χ3v) is 3.03. The van der Waals surface area contributed by atoms with Gasteiger partial charge in [0.05, 0.1) is 0 Å². The molecule has 1 unspecified atom stereocenters. The van der Waals surface area contributed by atoms with E-state index < -0.39 is 0 Å². The van der Waals surface area contributed by atoms with Crippen LogP contribution in [-0.2, 0) is 0 Å². The lowest BCUT2D eigenvalue weighted by molar-refractivity contribution is 0.229. The van der Waals surface area contributed by atoms with Gasteiger partial charge in [0.2, 0.25) is 0 Å². The third kappa shape index (κ3) is 4.65. The van der Waals surface area contributed by atoms with E-state index in [4.69, 9.17) is 4.74 Å². The predicted octanol–water partition coefficient (Wildman–Crippen LogP) is 3.54. The molecule has 102 valence electrons. The summed E-state index contributed by atoms with van der Waals surface area (Å²) in [6.45, 7) is 9.95. The Hall–Kier alpha value is -1.09. The van der Waals surface area contributed by atoms with Crippen LogP contribution in [0.15, 0.2) is 18.2 Å². The quantitative estimate of drug-likeness (QED) is 0.802. The number of hydrogen-bond acceptors (Lipinski definition) is 2. The van der Waals surface area contributed by atoms with Gasteiger partial charge in [0, 0.05) is 12.1 Å².